The molecule has 0 heterocycles. The van der Waals surface area contributed by atoms with Gasteiger partial charge in [0, 0.05) is 12.6 Å². The van der Waals surface area contributed by atoms with Gasteiger partial charge in [0.2, 0.25) is 5.91 Å². The Balaban J connectivity index is 2.48. The van der Waals surface area contributed by atoms with E-state index in [9.17, 15) is 4.79 Å². The molecule has 13 heavy (non-hydrogen) atoms. The van der Waals surface area contributed by atoms with Crippen LogP contribution in [0.25, 0.3) is 0 Å². The van der Waals surface area contributed by atoms with Gasteiger partial charge in [-0.05, 0) is 19.8 Å². The summed E-state index contributed by atoms with van der Waals surface area (Å²) in [6.45, 7) is 2.36. The molecule has 0 spiro atoms. The summed E-state index contributed by atoms with van der Waals surface area (Å²) >= 11 is 0. The monoisotopic (exact) mass is 185 g/mol. The van der Waals surface area contributed by atoms with Crippen LogP contribution in [0.15, 0.2) is 0 Å². The number of amides is 1. The molecule has 0 bridgehead atoms. The van der Waals surface area contributed by atoms with E-state index in [0.717, 1.165) is 19.4 Å². The summed E-state index contributed by atoms with van der Waals surface area (Å²) in [5.74, 6) is -0.116. The number of carbonyl (C=O) groups excluding carboxylic acids is 1. The summed E-state index contributed by atoms with van der Waals surface area (Å²) < 4.78 is 0. The van der Waals surface area contributed by atoms with Crippen LogP contribution in [-0.4, -0.2) is 35.1 Å². The number of hydrogen-bond acceptors (Lipinski definition) is 2. The Kier molecular flexibility index (Phi) is 4.22. The fraction of sp³-hybridized carbons (Fsp3) is 0.900. The third-order valence-corrected chi connectivity index (χ3v) is 2.81. The largest absolute Gasteiger partial charge is 0.387 e. The number of rotatable bonds is 3. The second kappa shape index (κ2) is 5.22. The average Bonchev–Trinajstić information content (AvgIpc) is 2.20. The fourth-order valence-corrected chi connectivity index (χ4v) is 2.12. The summed E-state index contributed by atoms with van der Waals surface area (Å²) in [6, 6.07) is 0.387. The van der Waals surface area contributed by atoms with E-state index < -0.39 is 0 Å². The van der Waals surface area contributed by atoms with E-state index in [1.807, 2.05) is 11.8 Å². The Morgan fingerprint density at radius 1 is 1.38 bits per heavy atom. The first kappa shape index (κ1) is 10.5. The first-order valence-corrected chi connectivity index (χ1v) is 5.20. The van der Waals surface area contributed by atoms with Crippen molar-refractivity contribution in [1.29, 1.82) is 0 Å². The Morgan fingerprint density at radius 2 is 2.00 bits per heavy atom. The van der Waals surface area contributed by atoms with Crippen LogP contribution < -0.4 is 0 Å². The van der Waals surface area contributed by atoms with Crippen LogP contribution in [0.5, 0.6) is 0 Å². The van der Waals surface area contributed by atoms with Gasteiger partial charge >= 0.3 is 0 Å². The van der Waals surface area contributed by atoms with Gasteiger partial charge in [-0.1, -0.05) is 19.3 Å². The Morgan fingerprint density at radius 3 is 2.46 bits per heavy atom. The van der Waals surface area contributed by atoms with E-state index in [4.69, 9.17) is 5.11 Å². The van der Waals surface area contributed by atoms with Gasteiger partial charge in [-0.15, -0.1) is 0 Å². The fourth-order valence-electron chi connectivity index (χ4n) is 2.12. The number of nitrogens with zero attached hydrogens (tertiary/aromatic N) is 1. The Hall–Kier alpha value is -0.570. The van der Waals surface area contributed by atoms with Crippen molar-refractivity contribution in [2.45, 2.75) is 45.1 Å². The molecule has 0 atom stereocenters. The Labute approximate surface area is 79.7 Å². The standard InChI is InChI=1S/C10H19NO2/c1-2-11(10(13)8-12)9-6-4-3-5-7-9/h9,12H,2-8H2,1H3. The van der Waals surface area contributed by atoms with E-state index in [2.05, 4.69) is 0 Å². The van der Waals surface area contributed by atoms with Crippen molar-refractivity contribution in [2.75, 3.05) is 13.2 Å². The molecule has 0 unspecified atom stereocenters. The second-order valence-corrected chi connectivity index (χ2v) is 3.63. The molecule has 3 nitrogen and oxygen atoms in total. The van der Waals surface area contributed by atoms with E-state index >= 15 is 0 Å². The summed E-state index contributed by atoms with van der Waals surface area (Å²) in [6.07, 6.45) is 5.96. The zero-order valence-electron chi connectivity index (χ0n) is 8.33. The van der Waals surface area contributed by atoms with E-state index in [1.54, 1.807) is 0 Å². The van der Waals surface area contributed by atoms with Gasteiger partial charge in [-0.25, -0.2) is 0 Å². The van der Waals surface area contributed by atoms with Crippen LogP contribution in [0.4, 0.5) is 0 Å². The van der Waals surface area contributed by atoms with Crippen LogP contribution >= 0.6 is 0 Å². The normalized spacial score (nSPS) is 18.6. The third-order valence-electron chi connectivity index (χ3n) is 2.81. The molecule has 1 rings (SSSR count). The van der Waals surface area contributed by atoms with Gasteiger partial charge in [0.05, 0.1) is 0 Å². The van der Waals surface area contributed by atoms with Crippen molar-refractivity contribution >= 4 is 5.91 Å². The molecule has 1 amide bonds. The lowest BCUT2D eigenvalue weighted by molar-refractivity contribution is -0.136. The highest BCUT2D eigenvalue weighted by molar-refractivity contribution is 5.77. The van der Waals surface area contributed by atoms with Crippen LogP contribution in [0.2, 0.25) is 0 Å². The van der Waals surface area contributed by atoms with Gasteiger partial charge in [-0.2, -0.15) is 0 Å². The minimum absolute atomic E-state index is 0.116. The van der Waals surface area contributed by atoms with Gasteiger partial charge in [0.15, 0.2) is 0 Å². The van der Waals surface area contributed by atoms with Crippen molar-refractivity contribution in [3.05, 3.63) is 0 Å². The van der Waals surface area contributed by atoms with Crippen molar-refractivity contribution < 1.29 is 9.90 Å². The molecule has 0 aromatic heterocycles. The highest BCUT2D eigenvalue weighted by atomic mass is 16.3. The maximum absolute atomic E-state index is 11.3. The van der Waals surface area contributed by atoms with Crippen molar-refractivity contribution in [3.63, 3.8) is 0 Å². The molecule has 0 aliphatic heterocycles. The highest BCUT2D eigenvalue weighted by Gasteiger charge is 2.22. The molecule has 3 heteroatoms. The molecule has 0 aromatic rings. The van der Waals surface area contributed by atoms with E-state index in [0.29, 0.717) is 6.04 Å². The topological polar surface area (TPSA) is 40.5 Å². The summed E-state index contributed by atoms with van der Waals surface area (Å²) in [5, 5.41) is 8.78. The van der Waals surface area contributed by atoms with Crippen molar-refractivity contribution in [3.8, 4) is 0 Å². The quantitative estimate of drug-likeness (QED) is 0.716. The maximum atomic E-state index is 11.3. The lowest BCUT2D eigenvalue weighted by atomic mass is 9.94. The van der Waals surface area contributed by atoms with Crippen LogP contribution in [0.1, 0.15) is 39.0 Å². The van der Waals surface area contributed by atoms with E-state index in [-0.39, 0.29) is 12.5 Å². The molecule has 0 saturated heterocycles. The van der Waals surface area contributed by atoms with Crippen LogP contribution in [-0.2, 0) is 4.79 Å². The van der Waals surface area contributed by atoms with E-state index in [1.165, 1.54) is 19.3 Å². The molecular weight excluding hydrogens is 166 g/mol. The zero-order valence-corrected chi connectivity index (χ0v) is 8.33. The molecule has 1 aliphatic carbocycles. The smallest absolute Gasteiger partial charge is 0.248 e. The van der Waals surface area contributed by atoms with Crippen molar-refractivity contribution in [1.82, 2.24) is 4.90 Å². The van der Waals surface area contributed by atoms with Crippen LogP contribution in [0, 0.1) is 0 Å². The molecule has 1 saturated carbocycles. The molecule has 0 radical (unpaired) electrons. The molecule has 1 aliphatic rings. The van der Waals surface area contributed by atoms with Gasteiger partial charge in [-0.3, -0.25) is 4.79 Å². The average molecular weight is 185 g/mol. The first-order chi connectivity index (χ1) is 6.29. The second-order valence-electron chi connectivity index (χ2n) is 3.63. The highest BCUT2D eigenvalue weighted by Crippen LogP contribution is 2.22. The maximum Gasteiger partial charge on any atom is 0.248 e. The number of carbonyl (C=O) groups is 1. The van der Waals surface area contributed by atoms with Gasteiger partial charge < -0.3 is 10.0 Å². The van der Waals surface area contributed by atoms with Crippen LogP contribution in [0.3, 0.4) is 0 Å². The number of hydrogen-bond donors (Lipinski definition) is 1. The lowest BCUT2D eigenvalue weighted by Crippen LogP contribution is -2.42. The molecule has 1 fully saturated rings. The third kappa shape index (κ3) is 2.69. The number of aliphatic hydroxyl groups excluding tert-OH is 1. The predicted octanol–water partition coefficient (Wildman–Crippen LogP) is 1.16. The zero-order chi connectivity index (χ0) is 9.68. The molecule has 76 valence electrons. The summed E-state index contributed by atoms with van der Waals surface area (Å²) in [7, 11) is 0. The minimum atomic E-state index is -0.343. The number of likely N-dealkylation sites (N-methyl/N-ethyl adjacent to an activating group) is 1. The SMILES string of the molecule is CCN(C(=O)CO)C1CCCCC1. The molecule has 0 aromatic carbocycles. The van der Waals surface area contributed by atoms with Gasteiger partial charge in [0.25, 0.3) is 0 Å². The molecule has 1 N–H and O–H groups in total. The first-order valence-electron chi connectivity index (χ1n) is 5.20. The number of aliphatic hydroxyl groups is 1. The predicted molar refractivity (Wildman–Crippen MR) is 51.3 cm³/mol. The molecular formula is C10H19NO2. The van der Waals surface area contributed by atoms with Gasteiger partial charge in [0.1, 0.15) is 6.61 Å². The summed E-state index contributed by atoms with van der Waals surface area (Å²) in [4.78, 5) is 13.1. The lowest BCUT2D eigenvalue weighted by Gasteiger charge is -2.33. The Bertz CT molecular complexity index is 164. The van der Waals surface area contributed by atoms with Crippen molar-refractivity contribution in [2.24, 2.45) is 0 Å². The minimum Gasteiger partial charge on any atom is -0.387 e. The summed E-state index contributed by atoms with van der Waals surface area (Å²) in [5.41, 5.74) is 0.